The lowest BCUT2D eigenvalue weighted by atomic mass is 10.1. The number of aromatic nitrogens is 3. The summed E-state index contributed by atoms with van der Waals surface area (Å²) in [6.45, 7) is 2.68. The highest BCUT2D eigenvalue weighted by Gasteiger charge is 2.24. The molecule has 0 aliphatic carbocycles. The van der Waals surface area contributed by atoms with Crippen molar-refractivity contribution in [1.82, 2.24) is 30.9 Å². The topological polar surface area (TPSA) is 127 Å². The van der Waals surface area contributed by atoms with Crippen LogP contribution in [0.2, 0.25) is 0 Å². The maximum Gasteiger partial charge on any atom is 0.243 e. The van der Waals surface area contributed by atoms with Gasteiger partial charge in [0, 0.05) is 0 Å². The molecule has 0 spiro atoms. The van der Waals surface area contributed by atoms with Crippen LogP contribution >= 0.6 is 11.8 Å². The lowest BCUT2D eigenvalue weighted by Crippen LogP contribution is -2.53. The second-order valence-corrected chi connectivity index (χ2v) is 8.48. The maximum atomic E-state index is 12.8. The second-order valence-electron chi connectivity index (χ2n) is 7.49. The van der Waals surface area contributed by atoms with Crippen LogP contribution in [0, 0.1) is 0 Å². The summed E-state index contributed by atoms with van der Waals surface area (Å²) < 4.78 is 7.37. The van der Waals surface area contributed by atoms with E-state index in [1.807, 2.05) is 30.5 Å². The third kappa shape index (κ3) is 6.98. The number of nitrogens with zero attached hydrogens (tertiary/aromatic N) is 3. The number of ether oxygens (including phenoxy) is 1. The molecule has 2 aromatic rings. The molecular weight excluding hydrogens is 432 g/mol. The number of carbonyl (C=O) groups excluding carboxylic acids is 3. The summed E-state index contributed by atoms with van der Waals surface area (Å²) in [5.41, 5.74) is 1.41. The summed E-state index contributed by atoms with van der Waals surface area (Å²) in [6.07, 6.45) is 4.27. The van der Waals surface area contributed by atoms with E-state index in [2.05, 4.69) is 26.3 Å². The Balaban J connectivity index is 1.76. The molecule has 4 bridgehead atoms. The summed E-state index contributed by atoms with van der Waals surface area (Å²) in [5.74, 6) is 0.383. The predicted octanol–water partition coefficient (Wildman–Crippen LogP) is 0.272. The number of thioether (sulfide) groups is 1. The van der Waals surface area contributed by atoms with Gasteiger partial charge in [-0.1, -0.05) is 17.3 Å². The minimum Gasteiger partial charge on any atom is -0.492 e. The van der Waals surface area contributed by atoms with Crippen LogP contribution in [0.15, 0.2) is 30.5 Å². The van der Waals surface area contributed by atoms with Gasteiger partial charge < -0.3 is 20.7 Å². The van der Waals surface area contributed by atoms with Crippen molar-refractivity contribution in [3.05, 3.63) is 41.7 Å². The van der Waals surface area contributed by atoms with Gasteiger partial charge >= 0.3 is 0 Å². The van der Waals surface area contributed by atoms with Gasteiger partial charge in [0.05, 0.1) is 25.7 Å². The number of hydrogen-bond acceptors (Lipinski definition) is 7. The molecule has 4 rings (SSSR count). The van der Waals surface area contributed by atoms with Gasteiger partial charge in [-0.25, -0.2) is 4.68 Å². The molecule has 172 valence electrons. The van der Waals surface area contributed by atoms with Crippen molar-refractivity contribution >= 4 is 29.5 Å². The summed E-state index contributed by atoms with van der Waals surface area (Å²) in [5, 5.41) is 16.3. The first-order valence-corrected chi connectivity index (χ1v) is 11.8. The Bertz CT molecular complexity index is 933. The van der Waals surface area contributed by atoms with Crippen molar-refractivity contribution < 1.29 is 19.1 Å². The molecule has 3 amide bonds. The molecule has 2 atom stereocenters. The van der Waals surface area contributed by atoms with Gasteiger partial charge in [0.2, 0.25) is 17.7 Å². The van der Waals surface area contributed by atoms with Gasteiger partial charge in [0.25, 0.3) is 0 Å². The van der Waals surface area contributed by atoms with Crippen LogP contribution in [0.1, 0.15) is 24.6 Å². The Hall–Kier alpha value is -3.08. The highest BCUT2D eigenvalue weighted by Crippen LogP contribution is 2.13. The molecule has 1 aromatic carbocycles. The molecule has 3 heterocycles. The van der Waals surface area contributed by atoms with Gasteiger partial charge in [-0.3, -0.25) is 14.4 Å². The number of carbonyl (C=O) groups is 3. The van der Waals surface area contributed by atoms with E-state index < -0.39 is 12.1 Å². The van der Waals surface area contributed by atoms with Crippen LogP contribution < -0.4 is 20.7 Å². The fraction of sp³-hybridized carbons (Fsp3) is 0.476. The molecule has 10 nitrogen and oxygen atoms in total. The van der Waals surface area contributed by atoms with Crippen molar-refractivity contribution in [3.63, 3.8) is 0 Å². The fourth-order valence-electron chi connectivity index (χ4n) is 3.13. The quantitative estimate of drug-likeness (QED) is 0.561. The average Bonchev–Trinajstić information content (AvgIpc) is 3.23. The van der Waals surface area contributed by atoms with Gasteiger partial charge in [0.1, 0.15) is 30.1 Å². The second kappa shape index (κ2) is 11.5. The maximum absolute atomic E-state index is 12.8. The molecule has 11 heteroatoms. The van der Waals surface area contributed by atoms with Crippen LogP contribution in [0.3, 0.4) is 0 Å². The number of rotatable bonds is 3. The summed E-state index contributed by atoms with van der Waals surface area (Å²) >= 11 is 1.58. The van der Waals surface area contributed by atoms with Gasteiger partial charge in [-0.2, -0.15) is 11.8 Å². The Morgan fingerprint density at radius 1 is 1.16 bits per heavy atom. The molecule has 0 unspecified atom stereocenters. The number of fused-ring (bicyclic) bond motifs is 13. The molecule has 0 radical (unpaired) electrons. The third-order valence-electron chi connectivity index (χ3n) is 4.92. The van der Waals surface area contributed by atoms with Crippen LogP contribution in [0.25, 0.3) is 0 Å². The Kier molecular flexibility index (Phi) is 8.48. The van der Waals surface area contributed by atoms with Crippen molar-refractivity contribution in [2.24, 2.45) is 0 Å². The van der Waals surface area contributed by atoms with Crippen molar-refractivity contribution in [2.45, 2.75) is 44.9 Å². The van der Waals surface area contributed by atoms with Crippen LogP contribution in [0.5, 0.6) is 5.75 Å². The summed E-state index contributed by atoms with van der Waals surface area (Å²) in [6, 6.07) is 5.77. The van der Waals surface area contributed by atoms with E-state index in [0.717, 1.165) is 5.56 Å². The van der Waals surface area contributed by atoms with Gasteiger partial charge in [-0.05, 0) is 43.0 Å². The Morgan fingerprint density at radius 3 is 2.69 bits per heavy atom. The van der Waals surface area contributed by atoms with Crippen molar-refractivity contribution in [2.75, 3.05) is 18.6 Å². The number of hydrogen-bond donors (Lipinski definition) is 3. The van der Waals surface area contributed by atoms with Crippen molar-refractivity contribution in [1.29, 1.82) is 0 Å². The molecule has 0 saturated carbocycles. The first-order chi connectivity index (χ1) is 15.4. The van der Waals surface area contributed by atoms with E-state index in [1.54, 1.807) is 29.6 Å². The van der Waals surface area contributed by atoms with E-state index in [1.165, 1.54) is 0 Å². The van der Waals surface area contributed by atoms with E-state index in [4.69, 9.17) is 4.74 Å². The number of amides is 3. The third-order valence-corrected chi connectivity index (χ3v) is 5.57. The highest BCUT2D eigenvalue weighted by atomic mass is 32.2. The number of nitrogens with one attached hydrogen (secondary N) is 3. The molecule has 0 saturated heterocycles. The normalized spacial score (nSPS) is 20.6. The lowest BCUT2D eigenvalue weighted by molar-refractivity contribution is -0.131. The number of benzene rings is 1. The standard InChI is InChI=1S/C21H28N6O4S/c1-14-20(29)22-12-16-13-27(26-25-16)8-9-31-17-5-3-15(4-6-17)11-19(28)24-18(7-10-32-2)21(30)23-14/h3-6,13-14,18H,7-12H2,1-2H3,(H,22,29)(H,23,30)(H,24,28)/t14-,18+/m1/s1. The molecule has 1 aromatic heterocycles. The van der Waals surface area contributed by atoms with E-state index in [0.29, 0.717) is 36.8 Å². The first kappa shape index (κ1) is 23.6. The van der Waals surface area contributed by atoms with E-state index in [9.17, 15) is 14.4 Å². The Labute approximate surface area is 190 Å². The minimum absolute atomic E-state index is 0.140. The SMILES string of the molecule is CSCC[C@@H]1NC(=O)Cc2ccc(cc2)OCCn2cc(nn2)CNC(=O)[C@@H](C)NC1=O. The molecule has 2 aliphatic rings. The molecule has 2 aliphatic heterocycles. The van der Waals surface area contributed by atoms with Gasteiger partial charge in [-0.15, -0.1) is 5.10 Å². The molecule has 32 heavy (non-hydrogen) atoms. The van der Waals surface area contributed by atoms with E-state index in [-0.39, 0.29) is 30.7 Å². The largest absolute Gasteiger partial charge is 0.492 e. The highest BCUT2D eigenvalue weighted by molar-refractivity contribution is 7.98. The zero-order chi connectivity index (χ0) is 22.9. The summed E-state index contributed by atoms with van der Waals surface area (Å²) in [4.78, 5) is 37.7. The molecule has 0 fully saturated rings. The monoisotopic (exact) mass is 460 g/mol. The Morgan fingerprint density at radius 2 is 1.94 bits per heavy atom. The van der Waals surface area contributed by atoms with E-state index >= 15 is 0 Å². The predicted molar refractivity (Wildman–Crippen MR) is 120 cm³/mol. The van der Waals surface area contributed by atoms with Crippen LogP contribution in [-0.2, 0) is 33.9 Å². The molecule has 3 N–H and O–H groups in total. The zero-order valence-electron chi connectivity index (χ0n) is 18.2. The summed E-state index contributed by atoms with van der Waals surface area (Å²) in [7, 11) is 0. The lowest BCUT2D eigenvalue weighted by Gasteiger charge is -2.21. The van der Waals surface area contributed by atoms with Crippen molar-refractivity contribution in [3.8, 4) is 5.75 Å². The average molecular weight is 461 g/mol. The minimum atomic E-state index is -0.766. The molecular formula is C21H28N6O4S. The van der Waals surface area contributed by atoms with Crippen LogP contribution in [0.4, 0.5) is 0 Å². The van der Waals surface area contributed by atoms with Crippen LogP contribution in [-0.4, -0.2) is 63.4 Å². The smallest absolute Gasteiger partial charge is 0.243 e. The van der Waals surface area contributed by atoms with Gasteiger partial charge in [0.15, 0.2) is 0 Å². The zero-order valence-corrected chi connectivity index (χ0v) is 19.0. The fourth-order valence-corrected chi connectivity index (χ4v) is 3.61. The first-order valence-electron chi connectivity index (χ1n) is 10.4.